The summed E-state index contributed by atoms with van der Waals surface area (Å²) in [6.07, 6.45) is 3.18. The highest BCUT2D eigenvalue weighted by Crippen LogP contribution is 2.30. The second-order valence-electron chi connectivity index (χ2n) is 10.4. The number of hydrogen-bond donors (Lipinski definition) is 1. The molecule has 0 saturated heterocycles. The van der Waals surface area contributed by atoms with Crippen molar-refractivity contribution in [3.8, 4) is 11.5 Å². The van der Waals surface area contributed by atoms with Gasteiger partial charge in [0.25, 0.3) is 0 Å². The molecule has 214 valence electrons. The van der Waals surface area contributed by atoms with E-state index in [2.05, 4.69) is 0 Å². The normalized spacial score (nSPS) is 12.7. The monoisotopic (exact) mass is 535 g/mol. The van der Waals surface area contributed by atoms with Crippen LogP contribution in [-0.2, 0) is 35.1 Å². The standard InChI is InChI=1S/C29H45NO8/c1-7-8-9-26(31)35-18-21(6)36-29(34)23(30)16-22-12-13-24(37-27(32)14-10-19(2)3)25(17-22)38-28(33)15-11-20(4)5/h12-13,17,19-21,23H,7-11,14-16,18,30H2,1-6H3/t21-,23-/m0/s1. The van der Waals surface area contributed by atoms with E-state index in [0.717, 1.165) is 12.8 Å². The van der Waals surface area contributed by atoms with E-state index in [9.17, 15) is 19.2 Å². The zero-order valence-corrected chi connectivity index (χ0v) is 23.7. The maximum absolute atomic E-state index is 12.5. The van der Waals surface area contributed by atoms with Gasteiger partial charge in [0.05, 0.1) is 0 Å². The third-order valence-electron chi connectivity index (χ3n) is 5.60. The molecule has 1 rings (SSSR count). The summed E-state index contributed by atoms with van der Waals surface area (Å²) in [6, 6.07) is 3.73. The minimum atomic E-state index is -1.00. The van der Waals surface area contributed by atoms with Crippen molar-refractivity contribution in [2.24, 2.45) is 17.6 Å². The van der Waals surface area contributed by atoms with Crippen LogP contribution in [-0.4, -0.2) is 42.6 Å². The van der Waals surface area contributed by atoms with Gasteiger partial charge in [0.15, 0.2) is 11.5 Å². The van der Waals surface area contributed by atoms with Crippen LogP contribution in [0.25, 0.3) is 0 Å². The Bertz CT molecular complexity index is 912. The van der Waals surface area contributed by atoms with Gasteiger partial charge in [-0.05, 0) is 62.1 Å². The second-order valence-corrected chi connectivity index (χ2v) is 10.4. The lowest BCUT2D eigenvalue weighted by Gasteiger charge is -2.18. The van der Waals surface area contributed by atoms with Crippen LogP contribution in [0, 0.1) is 11.8 Å². The molecule has 0 unspecified atom stereocenters. The summed E-state index contributed by atoms with van der Waals surface area (Å²) in [7, 11) is 0. The Hall–Kier alpha value is -2.94. The lowest BCUT2D eigenvalue weighted by Crippen LogP contribution is -2.37. The Labute approximate surface area is 226 Å². The van der Waals surface area contributed by atoms with Gasteiger partial charge in [-0.3, -0.25) is 19.2 Å². The maximum atomic E-state index is 12.5. The first-order valence-corrected chi connectivity index (χ1v) is 13.6. The fourth-order valence-electron chi connectivity index (χ4n) is 3.26. The van der Waals surface area contributed by atoms with E-state index < -0.39 is 30.1 Å². The molecular weight excluding hydrogens is 490 g/mol. The van der Waals surface area contributed by atoms with Crippen molar-refractivity contribution >= 4 is 23.9 Å². The zero-order valence-electron chi connectivity index (χ0n) is 23.7. The smallest absolute Gasteiger partial charge is 0.323 e. The summed E-state index contributed by atoms with van der Waals surface area (Å²) in [5.41, 5.74) is 6.66. The van der Waals surface area contributed by atoms with Crippen LogP contribution >= 0.6 is 0 Å². The predicted octanol–water partition coefficient (Wildman–Crippen LogP) is 4.90. The molecule has 0 aromatic heterocycles. The molecule has 0 aliphatic rings. The van der Waals surface area contributed by atoms with Crippen molar-refractivity contribution < 1.29 is 38.1 Å². The van der Waals surface area contributed by atoms with Gasteiger partial charge in [-0.2, -0.15) is 0 Å². The summed E-state index contributed by atoms with van der Waals surface area (Å²) in [5.74, 6) is -0.945. The van der Waals surface area contributed by atoms with Crippen LogP contribution in [0.3, 0.4) is 0 Å². The summed E-state index contributed by atoms with van der Waals surface area (Å²) in [5, 5.41) is 0. The number of esters is 4. The van der Waals surface area contributed by atoms with Crippen molar-refractivity contribution in [1.29, 1.82) is 0 Å². The molecule has 1 aromatic rings. The van der Waals surface area contributed by atoms with Gasteiger partial charge < -0.3 is 24.7 Å². The van der Waals surface area contributed by atoms with Crippen LogP contribution in [0.1, 0.15) is 92.1 Å². The zero-order chi connectivity index (χ0) is 28.7. The number of rotatable bonds is 17. The summed E-state index contributed by atoms with van der Waals surface area (Å²) >= 11 is 0. The maximum Gasteiger partial charge on any atom is 0.323 e. The number of benzene rings is 1. The van der Waals surface area contributed by atoms with E-state index >= 15 is 0 Å². The van der Waals surface area contributed by atoms with E-state index in [4.69, 9.17) is 24.7 Å². The Morgan fingerprint density at radius 3 is 1.95 bits per heavy atom. The third-order valence-corrected chi connectivity index (χ3v) is 5.60. The lowest BCUT2D eigenvalue weighted by atomic mass is 10.1. The van der Waals surface area contributed by atoms with Gasteiger partial charge >= 0.3 is 23.9 Å². The van der Waals surface area contributed by atoms with E-state index in [1.165, 1.54) is 6.07 Å². The van der Waals surface area contributed by atoms with Crippen molar-refractivity contribution in [3.05, 3.63) is 23.8 Å². The van der Waals surface area contributed by atoms with Crippen LogP contribution < -0.4 is 15.2 Å². The van der Waals surface area contributed by atoms with Crippen molar-refractivity contribution in [3.63, 3.8) is 0 Å². The number of carbonyl (C=O) groups excluding carboxylic acids is 4. The van der Waals surface area contributed by atoms with Crippen LogP contribution in [0.15, 0.2) is 18.2 Å². The number of hydrogen-bond acceptors (Lipinski definition) is 9. The molecule has 9 heteroatoms. The quantitative estimate of drug-likeness (QED) is 0.218. The van der Waals surface area contributed by atoms with Crippen LogP contribution in [0.5, 0.6) is 11.5 Å². The highest BCUT2D eigenvalue weighted by molar-refractivity contribution is 5.77. The van der Waals surface area contributed by atoms with Gasteiger partial charge in [-0.1, -0.05) is 47.1 Å². The number of carbonyl (C=O) groups is 4. The predicted molar refractivity (Wildman–Crippen MR) is 144 cm³/mol. The Balaban J connectivity index is 2.85. The van der Waals surface area contributed by atoms with E-state index in [1.807, 2.05) is 34.6 Å². The molecule has 0 fully saturated rings. The Morgan fingerprint density at radius 2 is 1.39 bits per heavy atom. The fraction of sp³-hybridized carbons (Fsp3) is 0.655. The van der Waals surface area contributed by atoms with Crippen molar-refractivity contribution in [1.82, 2.24) is 0 Å². The summed E-state index contributed by atoms with van der Waals surface area (Å²) in [4.78, 5) is 48.8. The van der Waals surface area contributed by atoms with Gasteiger partial charge in [0.1, 0.15) is 18.8 Å². The third kappa shape index (κ3) is 14.1. The molecule has 0 heterocycles. The molecule has 0 bridgehead atoms. The topological polar surface area (TPSA) is 131 Å². The first-order valence-electron chi connectivity index (χ1n) is 13.6. The largest absolute Gasteiger partial charge is 0.462 e. The minimum absolute atomic E-state index is 0.0473. The van der Waals surface area contributed by atoms with Gasteiger partial charge in [0.2, 0.25) is 0 Å². The molecule has 38 heavy (non-hydrogen) atoms. The minimum Gasteiger partial charge on any atom is -0.462 e. The molecular formula is C29H45NO8. The van der Waals surface area contributed by atoms with Crippen molar-refractivity contribution in [2.75, 3.05) is 6.61 Å². The van der Waals surface area contributed by atoms with Crippen molar-refractivity contribution in [2.45, 2.75) is 105 Å². The molecule has 9 nitrogen and oxygen atoms in total. The van der Waals surface area contributed by atoms with Gasteiger partial charge in [-0.25, -0.2) is 0 Å². The molecule has 2 N–H and O–H groups in total. The highest BCUT2D eigenvalue weighted by Gasteiger charge is 2.21. The average molecular weight is 536 g/mol. The summed E-state index contributed by atoms with van der Waals surface area (Å²) in [6.45, 7) is 11.6. The van der Waals surface area contributed by atoms with E-state index in [1.54, 1.807) is 19.1 Å². The Morgan fingerprint density at radius 1 is 0.816 bits per heavy atom. The molecule has 0 spiro atoms. The number of unbranched alkanes of at least 4 members (excludes halogenated alkanes) is 1. The average Bonchev–Trinajstić information content (AvgIpc) is 2.85. The molecule has 0 amide bonds. The SMILES string of the molecule is CCCCC(=O)OC[C@H](C)OC(=O)[C@@H](N)Cc1ccc(OC(=O)CCC(C)C)c(OC(=O)CCC(C)C)c1. The number of nitrogens with two attached hydrogens (primary N) is 1. The van der Waals surface area contributed by atoms with Crippen LogP contribution in [0.2, 0.25) is 0 Å². The Kier molecular flexibility index (Phi) is 15.3. The highest BCUT2D eigenvalue weighted by atomic mass is 16.6. The van der Waals surface area contributed by atoms with Gasteiger partial charge in [0, 0.05) is 19.3 Å². The fourth-order valence-corrected chi connectivity index (χ4v) is 3.26. The number of ether oxygens (including phenoxy) is 4. The summed E-state index contributed by atoms with van der Waals surface area (Å²) < 4.78 is 21.4. The van der Waals surface area contributed by atoms with E-state index in [0.29, 0.717) is 36.7 Å². The molecule has 2 atom stereocenters. The first kappa shape index (κ1) is 33.1. The molecule has 0 saturated carbocycles. The van der Waals surface area contributed by atoms with E-state index in [-0.39, 0.29) is 43.3 Å². The van der Waals surface area contributed by atoms with Gasteiger partial charge in [-0.15, -0.1) is 0 Å². The molecule has 0 radical (unpaired) electrons. The lowest BCUT2D eigenvalue weighted by molar-refractivity contribution is -0.159. The second kappa shape index (κ2) is 17.5. The first-order chi connectivity index (χ1) is 17.9. The molecule has 1 aromatic carbocycles. The van der Waals surface area contributed by atoms with Crippen LogP contribution in [0.4, 0.5) is 0 Å². The molecule has 0 aliphatic carbocycles. The molecule has 0 aliphatic heterocycles.